The summed E-state index contributed by atoms with van der Waals surface area (Å²) in [5.74, 6) is -0.846. The SMILES string of the molecule is NC(=O)[C@@H](Cl)[C@H](O)CCl. The van der Waals surface area contributed by atoms with Crippen LogP contribution in [-0.2, 0) is 4.79 Å². The van der Waals surface area contributed by atoms with E-state index in [1.807, 2.05) is 0 Å². The molecule has 0 fully saturated rings. The van der Waals surface area contributed by atoms with Gasteiger partial charge in [0.25, 0.3) is 0 Å². The Morgan fingerprint density at radius 2 is 2.22 bits per heavy atom. The molecular weight excluding hydrogens is 165 g/mol. The van der Waals surface area contributed by atoms with Gasteiger partial charge in [-0.25, -0.2) is 0 Å². The van der Waals surface area contributed by atoms with E-state index >= 15 is 0 Å². The normalized spacial score (nSPS) is 16.8. The second-order valence-electron chi connectivity index (χ2n) is 1.53. The van der Waals surface area contributed by atoms with Crippen LogP contribution in [0.5, 0.6) is 0 Å². The molecule has 0 aromatic carbocycles. The number of aliphatic hydroxyl groups excluding tert-OH is 1. The maximum Gasteiger partial charge on any atom is 0.238 e. The van der Waals surface area contributed by atoms with E-state index < -0.39 is 17.4 Å². The van der Waals surface area contributed by atoms with E-state index in [9.17, 15) is 4.79 Å². The fourth-order valence-electron chi connectivity index (χ4n) is 0.268. The van der Waals surface area contributed by atoms with Crippen LogP contribution in [0.4, 0.5) is 0 Å². The highest BCUT2D eigenvalue weighted by atomic mass is 35.5. The zero-order chi connectivity index (χ0) is 7.44. The Morgan fingerprint density at radius 1 is 1.78 bits per heavy atom. The van der Waals surface area contributed by atoms with Crippen LogP contribution in [0.3, 0.4) is 0 Å². The number of alkyl halides is 2. The summed E-state index contributed by atoms with van der Waals surface area (Å²) in [5.41, 5.74) is 4.72. The molecule has 5 heteroatoms. The predicted octanol–water partition coefficient (Wildman–Crippen LogP) is -0.321. The van der Waals surface area contributed by atoms with Crippen LogP contribution in [0.2, 0.25) is 0 Å². The fraction of sp³-hybridized carbons (Fsp3) is 0.750. The molecule has 0 saturated heterocycles. The molecule has 9 heavy (non-hydrogen) atoms. The summed E-state index contributed by atoms with van der Waals surface area (Å²) in [6.45, 7) is 0. The molecule has 0 aliphatic rings. The minimum Gasteiger partial charge on any atom is -0.390 e. The van der Waals surface area contributed by atoms with Crippen molar-refractivity contribution < 1.29 is 9.90 Å². The number of hydrogen-bond donors (Lipinski definition) is 2. The second-order valence-corrected chi connectivity index (χ2v) is 2.30. The fourth-order valence-corrected chi connectivity index (χ4v) is 0.626. The van der Waals surface area contributed by atoms with E-state index in [0.717, 1.165) is 0 Å². The molecule has 54 valence electrons. The number of rotatable bonds is 3. The van der Waals surface area contributed by atoms with Gasteiger partial charge in [-0.05, 0) is 0 Å². The largest absolute Gasteiger partial charge is 0.390 e. The van der Waals surface area contributed by atoms with Crippen molar-refractivity contribution in [3.05, 3.63) is 0 Å². The van der Waals surface area contributed by atoms with E-state index in [1.165, 1.54) is 0 Å². The monoisotopic (exact) mass is 171 g/mol. The summed E-state index contributed by atoms with van der Waals surface area (Å²) in [6, 6.07) is 0. The van der Waals surface area contributed by atoms with Gasteiger partial charge in [0.15, 0.2) is 0 Å². The lowest BCUT2D eigenvalue weighted by atomic mass is 10.3. The summed E-state index contributed by atoms with van der Waals surface area (Å²) in [6.07, 6.45) is -1.05. The molecule has 0 aliphatic heterocycles. The van der Waals surface area contributed by atoms with Crippen molar-refractivity contribution in [1.29, 1.82) is 0 Å². The maximum atomic E-state index is 10.2. The number of hydrogen-bond acceptors (Lipinski definition) is 2. The Balaban J connectivity index is 3.72. The number of aliphatic hydroxyl groups is 1. The molecule has 0 unspecified atom stereocenters. The summed E-state index contributed by atoms with van der Waals surface area (Å²) in [5, 5.41) is 7.65. The molecule has 0 bridgehead atoms. The van der Waals surface area contributed by atoms with E-state index in [4.69, 9.17) is 34.0 Å². The van der Waals surface area contributed by atoms with Crippen molar-refractivity contribution in [2.45, 2.75) is 11.5 Å². The van der Waals surface area contributed by atoms with Gasteiger partial charge in [-0.1, -0.05) is 0 Å². The Morgan fingerprint density at radius 3 is 2.33 bits per heavy atom. The quantitative estimate of drug-likeness (QED) is 0.573. The van der Waals surface area contributed by atoms with Gasteiger partial charge in [0.05, 0.1) is 12.0 Å². The smallest absolute Gasteiger partial charge is 0.238 e. The van der Waals surface area contributed by atoms with Crippen LogP contribution in [0.15, 0.2) is 0 Å². The summed E-state index contributed by atoms with van der Waals surface area (Å²) >= 11 is 10.4. The molecular formula is C4H7Cl2NO2. The number of carbonyl (C=O) groups is 1. The van der Waals surface area contributed by atoms with Crippen molar-refractivity contribution >= 4 is 29.1 Å². The summed E-state index contributed by atoms with van der Waals surface area (Å²) < 4.78 is 0. The lowest BCUT2D eigenvalue weighted by molar-refractivity contribution is -0.119. The van der Waals surface area contributed by atoms with Crippen LogP contribution in [0, 0.1) is 0 Å². The van der Waals surface area contributed by atoms with Crippen molar-refractivity contribution in [2.75, 3.05) is 5.88 Å². The molecule has 0 heterocycles. The first-order chi connectivity index (χ1) is 4.09. The number of amides is 1. The number of nitrogens with two attached hydrogens (primary N) is 1. The zero-order valence-corrected chi connectivity index (χ0v) is 6.06. The van der Waals surface area contributed by atoms with Gasteiger partial charge >= 0.3 is 0 Å². The van der Waals surface area contributed by atoms with E-state index in [1.54, 1.807) is 0 Å². The van der Waals surface area contributed by atoms with E-state index in [-0.39, 0.29) is 5.88 Å². The first kappa shape index (κ1) is 9.01. The lowest BCUT2D eigenvalue weighted by Gasteiger charge is -2.08. The molecule has 0 spiro atoms. The number of primary amides is 1. The summed E-state index contributed by atoms with van der Waals surface area (Å²) in [4.78, 5) is 10.2. The van der Waals surface area contributed by atoms with E-state index in [0.29, 0.717) is 0 Å². The molecule has 0 aromatic heterocycles. The average Bonchev–Trinajstić information content (AvgIpc) is 1.84. The molecule has 0 aromatic rings. The van der Waals surface area contributed by atoms with Crippen molar-refractivity contribution in [1.82, 2.24) is 0 Å². The highest BCUT2D eigenvalue weighted by molar-refractivity contribution is 6.31. The third-order valence-corrected chi connectivity index (χ3v) is 1.59. The molecule has 0 saturated carbocycles. The van der Waals surface area contributed by atoms with Gasteiger partial charge < -0.3 is 10.8 Å². The molecule has 1 amide bonds. The topological polar surface area (TPSA) is 63.3 Å². The van der Waals surface area contributed by atoms with Crippen LogP contribution in [-0.4, -0.2) is 28.4 Å². The Kier molecular flexibility index (Phi) is 3.93. The first-order valence-corrected chi connectivity index (χ1v) is 3.24. The van der Waals surface area contributed by atoms with Crippen LogP contribution in [0.1, 0.15) is 0 Å². The Hall–Kier alpha value is 0.01000. The van der Waals surface area contributed by atoms with Crippen LogP contribution >= 0.6 is 23.2 Å². The Labute approximate surface area is 62.7 Å². The predicted molar refractivity (Wildman–Crippen MR) is 35.6 cm³/mol. The highest BCUT2D eigenvalue weighted by Crippen LogP contribution is 2.02. The first-order valence-electron chi connectivity index (χ1n) is 2.27. The van der Waals surface area contributed by atoms with Gasteiger partial charge in [-0.2, -0.15) is 0 Å². The van der Waals surface area contributed by atoms with Crippen molar-refractivity contribution in [3.63, 3.8) is 0 Å². The lowest BCUT2D eigenvalue weighted by Crippen LogP contribution is -2.35. The average molecular weight is 172 g/mol. The number of carbonyl (C=O) groups excluding carboxylic acids is 1. The minimum atomic E-state index is -1.08. The van der Waals surface area contributed by atoms with Crippen LogP contribution in [0.25, 0.3) is 0 Å². The highest BCUT2D eigenvalue weighted by Gasteiger charge is 2.20. The Bertz CT molecular complexity index is 109. The molecule has 2 atom stereocenters. The maximum absolute atomic E-state index is 10.2. The third kappa shape index (κ3) is 2.89. The molecule has 0 rings (SSSR count). The van der Waals surface area contributed by atoms with Gasteiger partial charge in [0, 0.05) is 0 Å². The van der Waals surface area contributed by atoms with Gasteiger partial charge in [-0.15, -0.1) is 23.2 Å². The van der Waals surface area contributed by atoms with Crippen molar-refractivity contribution in [2.24, 2.45) is 5.73 Å². The van der Waals surface area contributed by atoms with Gasteiger partial charge in [-0.3, -0.25) is 4.79 Å². The standard InChI is InChI=1S/C4H7Cl2NO2/c5-1-2(8)3(6)4(7)9/h2-3,8H,1H2,(H2,7,9)/t2-,3+/m1/s1. The second kappa shape index (κ2) is 3.93. The third-order valence-electron chi connectivity index (χ3n) is 0.768. The summed E-state index contributed by atoms with van der Waals surface area (Å²) in [7, 11) is 0. The molecule has 0 radical (unpaired) electrons. The molecule has 3 nitrogen and oxygen atoms in total. The molecule has 0 aliphatic carbocycles. The minimum absolute atomic E-state index is 0.0862. The zero-order valence-electron chi connectivity index (χ0n) is 4.55. The van der Waals surface area contributed by atoms with Crippen molar-refractivity contribution in [3.8, 4) is 0 Å². The number of halogens is 2. The van der Waals surface area contributed by atoms with Crippen LogP contribution < -0.4 is 5.73 Å². The van der Waals surface area contributed by atoms with Gasteiger partial charge in [0.2, 0.25) is 5.91 Å². The molecule has 3 N–H and O–H groups in total. The van der Waals surface area contributed by atoms with Gasteiger partial charge in [0.1, 0.15) is 5.38 Å². The van der Waals surface area contributed by atoms with E-state index in [2.05, 4.69) is 0 Å².